The van der Waals surface area contributed by atoms with E-state index in [2.05, 4.69) is 28.8 Å². The number of aryl methyl sites for hydroxylation is 1. The van der Waals surface area contributed by atoms with Gasteiger partial charge in [0.1, 0.15) is 0 Å². The molecule has 0 radical (unpaired) electrons. The number of benzene rings is 2. The molecule has 2 aromatic rings. The highest BCUT2D eigenvalue weighted by Gasteiger charge is 2.22. The third kappa shape index (κ3) is 4.74. The third-order valence-electron chi connectivity index (χ3n) is 4.36. The zero-order chi connectivity index (χ0) is 17.6. The van der Waals surface area contributed by atoms with Crippen LogP contribution in [-0.2, 0) is 22.5 Å². The summed E-state index contributed by atoms with van der Waals surface area (Å²) in [5, 5.41) is 7.45. The highest BCUT2D eigenvalue weighted by Crippen LogP contribution is 2.34. The second kappa shape index (κ2) is 8.37. The van der Waals surface area contributed by atoms with Gasteiger partial charge >= 0.3 is 5.97 Å². The predicted octanol–water partition coefficient (Wildman–Crippen LogP) is 4.09. The van der Waals surface area contributed by atoms with Gasteiger partial charge in [0.25, 0.3) is 0 Å². The number of esters is 1. The second-order valence-corrected chi connectivity index (χ2v) is 6.62. The highest BCUT2D eigenvalue weighted by atomic mass is 35.5. The van der Waals surface area contributed by atoms with Crippen molar-refractivity contribution in [1.82, 2.24) is 5.32 Å². The molecule has 3 rings (SSSR count). The van der Waals surface area contributed by atoms with Gasteiger partial charge in [0.15, 0.2) is 0 Å². The molecule has 0 fully saturated rings. The Balaban J connectivity index is 1.63. The zero-order valence-electron chi connectivity index (χ0n) is 14.3. The molecule has 0 saturated heterocycles. The average Bonchev–Trinajstić information content (AvgIpc) is 2.98. The molecule has 1 unspecified atom stereocenters. The van der Waals surface area contributed by atoms with Gasteiger partial charge in [-0.1, -0.05) is 35.9 Å². The topological polar surface area (TPSA) is 50.4 Å². The van der Waals surface area contributed by atoms with Crippen LogP contribution in [0, 0.1) is 0 Å². The van der Waals surface area contributed by atoms with Crippen molar-refractivity contribution >= 4 is 23.3 Å². The molecule has 25 heavy (non-hydrogen) atoms. The van der Waals surface area contributed by atoms with Crippen molar-refractivity contribution in [2.45, 2.75) is 32.4 Å². The fourth-order valence-corrected chi connectivity index (χ4v) is 3.40. The van der Waals surface area contributed by atoms with Crippen molar-refractivity contribution in [3.05, 3.63) is 64.2 Å². The van der Waals surface area contributed by atoms with Crippen LogP contribution >= 0.6 is 11.6 Å². The van der Waals surface area contributed by atoms with E-state index >= 15 is 0 Å². The van der Waals surface area contributed by atoms with Gasteiger partial charge in [-0.15, -0.1) is 0 Å². The van der Waals surface area contributed by atoms with Gasteiger partial charge in [-0.3, -0.25) is 4.79 Å². The van der Waals surface area contributed by atoms with Crippen molar-refractivity contribution in [3.63, 3.8) is 0 Å². The molecule has 0 aliphatic heterocycles. The van der Waals surface area contributed by atoms with Gasteiger partial charge in [-0.05, 0) is 54.7 Å². The van der Waals surface area contributed by atoms with Crippen LogP contribution in [0.3, 0.4) is 0 Å². The van der Waals surface area contributed by atoms with Crippen LogP contribution in [0.2, 0.25) is 5.02 Å². The number of hydrogen-bond donors (Lipinski definition) is 2. The zero-order valence-corrected chi connectivity index (χ0v) is 15.1. The first-order valence-corrected chi connectivity index (χ1v) is 9.03. The SMILES string of the molecule is CCOC(=O)CNCc1ccc2c(c1)C(Nc1cccc(Cl)c1)CC2. The van der Waals surface area contributed by atoms with Gasteiger partial charge in [0.2, 0.25) is 0 Å². The van der Waals surface area contributed by atoms with E-state index in [9.17, 15) is 4.79 Å². The Bertz CT molecular complexity index is 748. The minimum absolute atomic E-state index is 0.218. The molecule has 0 saturated carbocycles. The van der Waals surface area contributed by atoms with E-state index in [0.29, 0.717) is 19.2 Å². The minimum atomic E-state index is -0.218. The van der Waals surface area contributed by atoms with E-state index in [1.807, 2.05) is 31.2 Å². The summed E-state index contributed by atoms with van der Waals surface area (Å²) in [5.74, 6) is -0.218. The van der Waals surface area contributed by atoms with Crippen LogP contribution in [0.4, 0.5) is 5.69 Å². The van der Waals surface area contributed by atoms with E-state index < -0.39 is 0 Å². The number of carbonyl (C=O) groups is 1. The maximum atomic E-state index is 11.4. The Labute approximate surface area is 153 Å². The van der Waals surface area contributed by atoms with Gasteiger partial charge in [0.05, 0.1) is 19.2 Å². The smallest absolute Gasteiger partial charge is 0.319 e. The standard InChI is InChI=1S/C20H23ClN2O2/c1-2-25-20(24)13-22-12-14-6-7-15-8-9-19(18(15)10-14)23-17-5-3-4-16(21)11-17/h3-7,10-11,19,22-23H,2,8-9,12-13H2,1H3. The van der Waals surface area contributed by atoms with Crippen molar-refractivity contribution in [3.8, 4) is 0 Å². The summed E-state index contributed by atoms with van der Waals surface area (Å²) in [6, 6.07) is 14.6. The summed E-state index contributed by atoms with van der Waals surface area (Å²) in [4.78, 5) is 11.4. The molecule has 0 spiro atoms. The summed E-state index contributed by atoms with van der Waals surface area (Å²) in [6.45, 7) is 3.10. The summed E-state index contributed by atoms with van der Waals surface area (Å²) >= 11 is 6.07. The van der Waals surface area contributed by atoms with Crippen molar-refractivity contribution in [2.24, 2.45) is 0 Å². The van der Waals surface area contributed by atoms with Crippen molar-refractivity contribution in [1.29, 1.82) is 0 Å². The van der Waals surface area contributed by atoms with Crippen LogP contribution in [-0.4, -0.2) is 19.1 Å². The number of rotatable bonds is 7. The lowest BCUT2D eigenvalue weighted by Gasteiger charge is -2.17. The quantitative estimate of drug-likeness (QED) is 0.732. The van der Waals surface area contributed by atoms with Crippen LogP contribution < -0.4 is 10.6 Å². The number of carbonyl (C=O) groups excluding carboxylic acids is 1. The van der Waals surface area contributed by atoms with Gasteiger partial charge < -0.3 is 15.4 Å². The summed E-state index contributed by atoms with van der Waals surface area (Å²) in [5.41, 5.74) is 4.92. The minimum Gasteiger partial charge on any atom is -0.465 e. The fourth-order valence-electron chi connectivity index (χ4n) is 3.21. The number of anilines is 1. The molecular formula is C20H23ClN2O2. The molecule has 0 heterocycles. The normalized spacial score (nSPS) is 15.7. The fraction of sp³-hybridized carbons (Fsp3) is 0.350. The Morgan fingerprint density at radius 3 is 2.96 bits per heavy atom. The van der Waals surface area contributed by atoms with Crippen LogP contribution in [0.15, 0.2) is 42.5 Å². The molecule has 1 aliphatic rings. The lowest BCUT2D eigenvalue weighted by atomic mass is 10.0. The van der Waals surface area contributed by atoms with Gasteiger partial charge in [0, 0.05) is 17.3 Å². The molecule has 5 heteroatoms. The molecule has 1 aliphatic carbocycles. The number of halogens is 1. The molecule has 4 nitrogen and oxygen atoms in total. The highest BCUT2D eigenvalue weighted by molar-refractivity contribution is 6.30. The van der Waals surface area contributed by atoms with E-state index in [1.165, 1.54) is 16.7 Å². The molecule has 0 amide bonds. The number of nitrogens with one attached hydrogen (secondary N) is 2. The van der Waals surface area contributed by atoms with Crippen LogP contribution in [0.5, 0.6) is 0 Å². The lowest BCUT2D eigenvalue weighted by Crippen LogP contribution is -2.24. The number of ether oxygens (including phenoxy) is 1. The molecule has 2 N–H and O–H groups in total. The number of fused-ring (bicyclic) bond motifs is 1. The van der Waals surface area contributed by atoms with E-state index in [-0.39, 0.29) is 12.5 Å². The van der Waals surface area contributed by atoms with E-state index in [4.69, 9.17) is 16.3 Å². The monoisotopic (exact) mass is 358 g/mol. The summed E-state index contributed by atoms with van der Waals surface area (Å²) in [7, 11) is 0. The van der Waals surface area contributed by atoms with Gasteiger partial charge in [-0.2, -0.15) is 0 Å². The Hall–Kier alpha value is -2.04. The van der Waals surface area contributed by atoms with E-state index in [0.717, 1.165) is 23.6 Å². The maximum Gasteiger partial charge on any atom is 0.319 e. The molecule has 132 valence electrons. The summed E-state index contributed by atoms with van der Waals surface area (Å²) < 4.78 is 4.92. The maximum absolute atomic E-state index is 11.4. The molecule has 0 aromatic heterocycles. The number of hydrogen-bond acceptors (Lipinski definition) is 4. The second-order valence-electron chi connectivity index (χ2n) is 6.19. The molecule has 0 bridgehead atoms. The van der Waals surface area contributed by atoms with Crippen LogP contribution in [0.25, 0.3) is 0 Å². The Kier molecular flexibility index (Phi) is 5.95. The predicted molar refractivity (Wildman–Crippen MR) is 101 cm³/mol. The summed E-state index contributed by atoms with van der Waals surface area (Å²) in [6.07, 6.45) is 2.14. The lowest BCUT2D eigenvalue weighted by molar-refractivity contribution is -0.142. The molecular weight excluding hydrogens is 336 g/mol. The molecule has 2 aromatic carbocycles. The third-order valence-corrected chi connectivity index (χ3v) is 4.59. The Morgan fingerprint density at radius 2 is 2.16 bits per heavy atom. The first-order chi connectivity index (χ1) is 12.2. The first-order valence-electron chi connectivity index (χ1n) is 8.66. The van der Waals surface area contributed by atoms with E-state index in [1.54, 1.807) is 0 Å². The molecule has 1 atom stereocenters. The largest absolute Gasteiger partial charge is 0.465 e. The van der Waals surface area contributed by atoms with Crippen molar-refractivity contribution in [2.75, 3.05) is 18.5 Å². The average molecular weight is 359 g/mol. The first kappa shape index (κ1) is 17.8. The Morgan fingerprint density at radius 1 is 1.28 bits per heavy atom. The van der Waals surface area contributed by atoms with Gasteiger partial charge in [-0.25, -0.2) is 0 Å². The van der Waals surface area contributed by atoms with Crippen molar-refractivity contribution < 1.29 is 9.53 Å². The van der Waals surface area contributed by atoms with Crippen LogP contribution in [0.1, 0.15) is 36.1 Å².